The summed E-state index contributed by atoms with van der Waals surface area (Å²) in [7, 11) is 2.14. The van der Waals surface area contributed by atoms with E-state index in [1.54, 1.807) is 0 Å². The molecule has 1 aliphatic rings. The SMILES string of the molecule is CC(C)c1cccc(C(C)C)c1B1N(C)c2ncc[c-]c2-n2[c-]c3ccccc3[n+]21.[Ir]. The standard InChI is InChI=1S/C25H26BN4.Ir/c1-17(2)20-11-8-12-21(18(3)4)24(20)26-28(5)25-23(14-9-15-27-25)29-16-19-10-6-7-13-22(19)30(26)29;/h6-13,15,17-18H,1-5H3;/q-1;. The van der Waals surface area contributed by atoms with Crippen molar-refractivity contribution in [1.29, 1.82) is 0 Å². The second-order valence-corrected chi connectivity index (χ2v) is 8.69. The fraction of sp³-hybridized carbons (Fsp3) is 0.280. The molecule has 0 saturated heterocycles. The molecule has 0 saturated carbocycles. The van der Waals surface area contributed by atoms with Crippen LogP contribution in [-0.2, 0) is 20.1 Å². The Morgan fingerprint density at radius 2 is 1.65 bits per heavy atom. The van der Waals surface area contributed by atoms with Gasteiger partial charge in [0.2, 0.25) is 0 Å². The number of para-hydroxylation sites is 1. The smallest absolute Gasteiger partial charge is 0.393 e. The molecule has 0 fully saturated rings. The third-order valence-corrected chi connectivity index (χ3v) is 6.12. The fourth-order valence-electron chi connectivity index (χ4n) is 4.71. The summed E-state index contributed by atoms with van der Waals surface area (Å²) in [5, 5.41) is 1.09. The molecule has 0 unspecified atom stereocenters. The molecule has 5 rings (SSSR count). The van der Waals surface area contributed by atoms with Gasteiger partial charge in [0.05, 0.1) is 0 Å². The molecule has 4 nitrogen and oxygen atoms in total. The van der Waals surface area contributed by atoms with E-state index in [-0.39, 0.29) is 27.1 Å². The first kappa shape index (κ1) is 21.8. The van der Waals surface area contributed by atoms with Crippen LogP contribution in [0, 0.1) is 12.3 Å². The summed E-state index contributed by atoms with van der Waals surface area (Å²) in [6, 6.07) is 20.5. The van der Waals surface area contributed by atoms with Crippen LogP contribution < -0.4 is 14.9 Å². The van der Waals surface area contributed by atoms with Crippen LogP contribution >= 0.6 is 0 Å². The molecular formula is C25H26BIrN4-. The van der Waals surface area contributed by atoms with Crippen molar-refractivity contribution in [2.24, 2.45) is 0 Å². The zero-order valence-electron chi connectivity index (χ0n) is 18.6. The Kier molecular flexibility index (Phi) is 5.80. The van der Waals surface area contributed by atoms with Gasteiger partial charge in [-0.2, -0.15) is 12.1 Å². The molecule has 2 aromatic heterocycles. The molecule has 4 aromatic rings. The third kappa shape index (κ3) is 3.33. The molecule has 1 radical (unpaired) electrons. The van der Waals surface area contributed by atoms with E-state index in [2.05, 4.69) is 104 Å². The van der Waals surface area contributed by atoms with Crippen molar-refractivity contribution in [3.05, 3.63) is 78.1 Å². The topological polar surface area (TPSA) is 24.9 Å². The molecule has 3 heterocycles. The molecular weight excluding hydrogens is 559 g/mol. The molecule has 0 N–H and O–H groups in total. The fourth-order valence-corrected chi connectivity index (χ4v) is 4.71. The summed E-state index contributed by atoms with van der Waals surface area (Å²) in [4.78, 5) is 7.03. The Hall–Kier alpha value is -2.43. The van der Waals surface area contributed by atoms with E-state index in [1.165, 1.54) is 16.6 Å². The number of aromatic nitrogens is 3. The van der Waals surface area contributed by atoms with Gasteiger partial charge in [-0.15, -0.1) is 12.1 Å². The maximum atomic E-state index is 4.73. The monoisotopic (exact) mass is 586 g/mol. The number of rotatable bonds is 3. The van der Waals surface area contributed by atoms with Gasteiger partial charge >= 0.3 is 6.98 Å². The molecule has 0 spiro atoms. The normalized spacial score (nSPS) is 12.9. The number of pyridine rings is 1. The van der Waals surface area contributed by atoms with Crippen molar-refractivity contribution in [2.45, 2.75) is 39.5 Å². The maximum absolute atomic E-state index is 4.73. The van der Waals surface area contributed by atoms with Crippen molar-refractivity contribution in [2.75, 3.05) is 11.9 Å². The van der Waals surface area contributed by atoms with E-state index in [0.29, 0.717) is 11.8 Å². The van der Waals surface area contributed by atoms with Crippen LogP contribution in [0.4, 0.5) is 5.82 Å². The molecule has 0 aliphatic carbocycles. The summed E-state index contributed by atoms with van der Waals surface area (Å²) < 4.78 is 4.46. The Morgan fingerprint density at radius 3 is 2.32 bits per heavy atom. The van der Waals surface area contributed by atoms with Gasteiger partial charge in [0.15, 0.2) is 0 Å². The van der Waals surface area contributed by atoms with Crippen molar-refractivity contribution in [3.8, 4) is 5.69 Å². The Bertz CT molecular complexity index is 1220. The van der Waals surface area contributed by atoms with Gasteiger partial charge in [-0.3, -0.25) is 4.68 Å². The quantitative estimate of drug-likeness (QED) is 0.270. The molecule has 2 aromatic carbocycles. The minimum absolute atomic E-state index is 0. The van der Waals surface area contributed by atoms with Crippen LogP contribution in [0.25, 0.3) is 16.6 Å². The van der Waals surface area contributed by atoms with E-state index in [0.717, 1.165) is 22.4 Å². The Balaban J connectivity index is 0.00000231. The molecule has 6 heteroatoms. The van der Waals surface area contributed by atoms with Gasteiger partial charge in [0.25, 0.3) is 0 Å². The zero-order chi connectivity index (χ0) is 21.0. The third-order valence-electron chi connectivity index (χ3n) is 6.12. The average molecular weight is 586 g/mol. The number of anilines is 1. The van der Waals surface area contributed by atoms with Crippen molar-refractivity contribution >= 4 is 29.2 Å². The molecule has 0 atom stereocenters. The number of benzene rings is 2. The minimum atomic E-state index is -0.0204. The Morgan fingerprint density at radius 1 is 0.968 bits per heavy atom. The molecule has 159 valence electrons. The molecule has 1 aliphatic heterocycles. The number of hydrogen-bond acceptors (Lipinski definition) is 2. The van der Waals surface area contributed by atoms with Crippen LogP contribution in [0.3, 0.4) is 0 Å². The van der Waals surface area contributed by atoms with E-state index >= 15 is 0 Å². The number of nitrogens with zero attached hydrogens (tertiary/aromatic N) is 4. The zero-order valence-corrected chi connectivity index (χ0v) is 20.9. The first-order chi connectivity index (χ1) is 14.5. The van der Waals surface area contributed by atoms with Crippen molar-refractivity contribution in [3.63, 3.8) is 0 Å². The van der Waals surface area contributed by atoms with Gasteiger partial charge in [0, 0.05) is 31.8 Å². The van der Waals surface area contributed by atoms with Gasteiger partial charge in [-0.25, -0.2) is 4.59 Å². The van der Waals surface area contributed by atoms with Gasteiger partial charge in [0.1, 0.15) is 5.52 Å². The summed E-state index contributed by atoms with van der Waals surface area (Å²) in [6.07, 6.45) is 5.39. The predicted octanol–water partition coefficient (Wildman–Crippen LogP) is 3.85. The van der Waals surface area contributed by atoms with Crippen LogP contribution in [0.2, 0.25) is 0 Å². The number of hydrogen-bond donors (Lipinski definition) is 0. The van der Waals surface area contributed by atoms with Gasteiger partial charge in [-0.1, -0.05) is 63.5 Å². The van der Waals surface area contributed by atoms with Gasteiger partial charge in [-0.05, 0) is 47.6 Å². The van der Waals surface area contributed by atoms with Crippen LogP contribution in [-0.4, -0.2) is 23.7 Å². The van der Waals surface area contributed by atoms with Crippen LogP contribution in [0.1, 0.15) is 50.7 Å². The summed E-state index contributed by atoms with van der Waals surface area (Å²) in [6.45, 7) is 9.09. The van der Waals surface area contributed by atoms with Crippen LogP contribution in [0.15, 0.2) is 54.7 Å². The van der Waals surface area contributed by atoms with Crippen molar-refractivity contribution in [1.82, 2.24) is 9.67 Å². The minimum Gasteiger partial charge on any atom is -0.393 e. The van der Waals surface area contributed by atoms with E-state index < -0.39 is 0 Å². The van der Waals surface area contributed by atoms with Gasteiger partial charge < -0.3 is 9.79 Å². The summed E-state index contributed by atoms with van der Waals surface area (Å²) in [5.41, 5.74) is 6.22. The van der Waals surface area contributed by atoms with E-state index in [9.17, 15) is 0 Å². The Labute approximate surface area is 198 Å². The second kappa shape index (κ2) is 8.25. The molecule has 0 bridgehead atoms. The van der Waals surface area contributed by atoms with E-state index in [4.69, 9.17) is 4.98 Å². The molecule has 31 heavy (non-hydrogen) atoms. The molecule has 0 amide bonds. The summed E-state index contributed by atoms with van der Waals surface area (Å²) in [5.74, 6) is 1.76. The average Bonchev–Trinajstić information content (AvgIpc) is 3.13. The first-order valence-corrected chi connectivity index (χ1v) is 10.7. The van der Waals surface area contributed by atoms with Crippen LogP contribution in [0.5, 0.6) is 0 Å². The first-order valence-electron chi connectivity index (χ1n) is 10.7. The largest absolute Gasteiger partial charge is 0.656 e. The second-order valence-electron chi connectivity index (χ2n) is 8.69. The maximum Gasteiger partial charge on any atom is 0.656 e. The van der Waals surface area contributed by atoms with Crippen molar-refractivity contribution < 1.29 is 24.7 Å². The van der Waals surface area contributed by atoms with E-state index in [1.807, 2.05) is 12.3 Å². The predicted molar refractivity (Wildman–Crippen MR) is 123 cm³/mol. The number of fused-ring (bicyclic) bond motifs is 5. The summed E-state index contributed by atoms with van der Waals surface area (Å²) >= 11 is 0.